The van der Waals surface area contributed by atoms with E-state index in [0.29, 0.717) is 13.0 Å². The van der Waals surface area contributed by atoms with Gasteiger partial charge in [0.2, 0.25) is 11.8 Å². The fourth-order valence-corrected chi connectivity index (χ4v) is 3.58. The van der Waals surface area contributed by atoms with Crippen LogP contribution in [0.1, 0.15) is 91.5 Å². The maximum Gasteiger partial charge on any atom is 0.408 e. The van der Waals surface area contributed by atoms with Gasteiger partial charge in [0.1, 0.15) is 17.7 Å². The third-order valence-corrected chi connectivity index (χ3v) is 5.26. The van der Waals surface area contributed by atoms with Crippen molar-refractivity contribution < 1.29 is 19.1 Å². The van der Waals surface area contributed by atoms with E-state index >= 15 is 0 Å². The molecule has 0 bridgehead atoms. The van der Waals surface area contributed by atoms with Crippen LogP contribution in [-0.2, 0) is 14.3 Å². The number of nitrogens with one attached hydrogen (secondary N) is 2. The summed E-state index contributed by atoms with van der Waals surface area (Å²) in [6.45, 7) is 21.1. The third-order valence-electron chi connectivity index (χ3n) is 5.26. The van der Waals surface area contributed by atoms with E-state index in [1.54, 1.807) is 25.7 Å². The van der Waals surface area contributed by atoms with Gasteiger partial charge in [-0.2, -0.15) is 0 Å². The zero-order valence-electron chi connectivity index (χ0n) is 23.0. The Balaban J connectivity index is 3.49. The van der Waals surface area contributed by atoms with E-state index in [-0.39, 0.29) is 17.7 Å². The van der Waals surface area contributed by atoms with Gasteiger partial charge >= 0.3 is 6.09 Å². The quantitative estimate of drug-likeness (QED) is 0.551. The van der Waals surface area contributed by atoms with Gasteiger partial charge in [-0.15, -0.1) is 0 Å². The standard InChI is InChI=1S/C27H45N3O4/c1-12-15-30(24(32)21(17(2)3)28-25(33)34-27(9,10)11)22(23(31)29-26(6,7)8)20-14-13-18(4)19(5)16-20/h13-14,16-17,21-22H,12,15H2,1-11H3,(H,28,33)(H,29,31). The molecule has 0 heterocycles. The number of aryl methyl sites for hydroxylation is 2. The molecule has 0 aliphatic carbocycles. The molecule has 2 N–H and O–H groups in total. The highest BCUT2D eigenvalue weighted by atomic mass is 16.6. The van der Waals surface area contributed by atoms with Crippen molar-refractivity contribution in [2.75, 3.05) is 6.54 Å². The van der Waals surface area contributed by atoms with Gasteiger partial charge < -0.3 is 20.3 Å². The number of carbonyl (C=O) groups is 3. The molecule has 7 nitrogen and oxygen atoms in total. The molecular formula is C27H45N3O4. The molecule has 192 valence electrons. The van der Waals surface area contributed by atoms with E-state index in [2.05, 4.69) is 10.6 Å². The van der Waals surface area contributed by atoms with E-state index < -0.39 is 29.3 Å². The van der Waals surface area contributed by atoms with Crippen molar-refractivity contribution in [3.63, 3.8) is 0 Å². The highest BCUT2D eigenvalue weighted by molar-refractivity contribution is 5.92. The number of amides is 3. The molecule has 1 aromatic carbocycles. The lowest BCUT2D eigenvalue weighted by Crippen LogP contribution is -2.56. The van der Waals surface area contributed by atoms with Crippen LogP contribution in [0.5, 0.6) is 0 Å². The third kappa shape index (κ3) is 8.99. The Morgan fingerprint density at radius 2 is 1.59 bits per heavy atom. The van der Waals surface area contributed by atoms with Crippen LogP contribution in [0, 0.1) is 19.8 Å². The van der Waals surface area contributed by atoms with Gasteiger partial charge in [0.25, 0.3) is 0 Å². The Hall–Kier alpha value is -2.57. The van der Waals surface area contributed by atoms with Gasteiger partial charge in [-0.05, 0) is 84.4 Å². The maximum absolute atomic E-state index is 13.9. The molecule has 7 heteroatoms. The van der Waals surface area contributed by atoms with E-state index in [1.165, 1.54) is 0 Å². The van der Waals surface area contributed by atoms with Crippen LogP contribution < -0.4 is 10.6 Å². The van der Waals surface area contributed by atoms with Crippen molar-refractivity contribution >= 4 is 17.9 Å². The van der Waals surface area contributed by atoms with Crippen LogP contribution in [0.15, 0.2) is 18.2 Å². The smallest absolute Gasteiger partial charge is 0.408 e. The number of alkyl carbamates (subject to hydrolysis) is 1. The van der Waals surface area contributed by atoms with E-state index in [1.807, 2.05) is 73.6 Å². The summed E-state index contributed by atoms with van der Waals surface area (Å²) in [5.41, 5.74) is 1.74. The minimum Gasteiger partial charge on any atom is -0.444 e. The number of benzene rings is 1. The van der Waals surface area contributed by atoms with E-state index in [9.17, 15) is 14.4 Å². The normalized spacial score (nSPS) is 13.8. The number of carbonyl (C=O) groups excluding carboxylic acids is 3. The van der Waals surface area contributed by atoms with Crippen molar-refractivity contribution in [1.82, 2.24) is 15.5 Å². The molecule has 0 aliphatic heterocycles. The van der Waals surface area contributed by atoms with E-state index in [4.69, 9.17) is 4.74 Å². The second kappa shape index (κ2) is 11.7. The van der Waals surface area contributed by atoms with Crippen LogP contribution in [0.25, 0.3) is 0 Å². The molecule has 0 radical (unpaired) electrons. The molecule has 0 spiro atoms. The molecule has 2 atom stereocenters. The van der Waals surface area contributed by atoms with Crippen LogP contribution in [0.4, 0.5) is 4.79 Å². The molecule has 0 saturated carbocycles. The summed E-state index contributed by atoms with van der Waals surface area (Å²) in [5, 5.41) is 5.78. The average Bonchev–Trinajstić information content (AvgIpc) is 2.65. The van der Waals surface area contributed by atoms with Crippen molar-refractivity contribution in [2.45, 2.75) is 106 Å². The minimum atomic E-state index is -0.835. The molecular weight excluding hydrogens is 430 g/mol. The predicted molar refractivity (Wildman–Crippen MR) is 137 cm³/mol. The van der Waals surface area contributed by atoms with Crippen LogP contribution >= 0.6 is 0 Å². The van der Waals surface area contributed by atoms with Gasteiger partial charge in [-0.1, -0.05) is 39.0 Å². The SMILES string of the molecule is CCCN(C(=O)C(NC(=O)OC(C)(C)C)C(C)C)C(C(=O)NC(C)(C)C)c1ccc(C)c(C)c1. The lowest BCUT2D eigenvalue weighted by molar-refractivity contribution is -0.144. The second-order valence-electron chi connectivity index (χ2n) is 11.4. The molecule has 0 aromatic heterocycles. The summed E-state index contributed by atoms with van der Waals surface area (Å²) in [6, 6.07) is 4.17. The molecule has 2 unspecified atom stereocenters. The summed E-state index contributed by atoms with van der Waals surface area (Å²) in [7, 11) is 0. The van der Waals surface area contributed by atoms with Gasteiger partial charge in [-0.3, -0.25) is 9.59 Å². The first-order valence-corrected chi connectivity index (χ1v) is 12.2. The maximum atomic E-state index is 13.9. The number of hydrogen-bond acceptors (Lipinski definition) is 4. The summed E-state index contributed by atoms with van der Waals surface area (Å²) in [6.07, 6.45) is 0.00511. The molecule has 0 aliphatic rings. The Morgan fingerprint density at radius 3 is 2.03 bits per heavy atom. The number of nitrogens with zero attached hydrogens (tertiary/aromatic N) is 1. The molecule has 0 fully saturated rings. The first kappa shape index (κ1) is 29.5. The Morgan fingerprint density at radius 1 is 1.00 bits per heavy atom. The van der Waals surface area contributed by atoms with Crippen molar-refractivity contribution in [3.05, 3.63) is 34.9 Å². The lowest BCUT2D eigenvalue weighted by Gasteiger charge is -2.37. The van der Waals surface area contributed by atoms with Crippen LogP contribution in [-0.4, -0.2) is 46.5 Å². The zero-order valence-corrected chi connectivity index (χ0v) is 23.0. The number of rotatable bonds is 8. The number of ether oxygens (including phenoxy) is 1. The molecule has 3 amide bonds. The highest BCUT2D eigenvalue weighted by Crippen LogP contribution is 2.27. The molecule has 1 rings (SSSR count). The summed E-state index contributed by atoms with van der Waals surface area (Å²) in [4.78, 5) is 41.6. The van der Waals surface area contributed by atoms with Crippen LogP contribution in [0.2, 0.25) is 0 Å². The van der Waals surface area contributed by atoms with Crippen molar-refractivity contribution in [2.24, 2.45) is 5.92 Å². The fraction of sp³-hybridized carbons (Fsp3) is 0.667. The first-order chi connectivity index (χ1) is 15.5. The van der Waals surface area contributed by atoms with Crippen LogP contribution in [0.3, 0.4) is 0 Å². The average molecular weight is 476 g/mol. The van der Waals surface area contributed by atoms with Gasteiger partial charge in [0.05, 0.1) is 0 Å². The van der Waals surface area contributed by atoms with Crippen molar-refractivity contribution in [1.29, 1.82) is 0 Å². The van der Waals surface area contributed by atoms with E-state index in [0.717, 1.165) is 16.7 Å². The predicted octanol–water partition coefficient (Wildman–Crippen LogP) is 5.05. The first-order valence-electron chi connectivity index (χ1n) is 12.2. The summed E-state index contributed by atoms with van der Waals surface area (Å²) >= 11 is 0. The summed E-state index contributed by atoms with van der Waals surface area (Å²) < 4.78 is 5.40. The monoisotopic (exact) mass is 475 g/mol. The highest BCUT2D eigenvalue weighted by Gasteiger charge is 2.38. The largest absolute Gasteiger partial charge is 0.444 e. The molecule has 1 aromatic rings. The fourth-order valence-electron chi connectivity index (χ4n) is 3.58. The lowest BCUT2D eigenvalue weighted by atomic mass is 9.95. The number of hydrogen-bond donors (Lipinski definition) is 2. The second-order valence-corrected chi connectivity index (χ2v) is 11.4. The molecule has 0 saturated heterocycles. The Bertz CT molecular complexity index is 866. The van der Waals surface area contributed by atoms with Crippen molar-refractivity contribution in [3.8, 4) is 0 Å². The van der Waals surface area contributed by atoms with Gasteiger partial charge in [0, 0.05) is 12.1 Å². The topological polar surface area (TPSA) is 87.7 Å². The Labute approximate surface area is 206 Å². The summed E-state index contributed by atoms with van der Waals surface area (Å²) in [5.74, 6) is -0.766. The zero-order chi connectivity index (χ0) is 26.4. The molecule has 34 heavy (non-hydrogen) atoms. The Kier molecular flexibility index (Phi) is 10.2. The van der Waals surface area contributed by atoms with Gasteiger partial charge in [-0.25, -0.2) is 4.79 Å². The van der Waals surface area contributed by atoms with Gasteiger partial charge in [0.15, 0.2) is 0 Å². The minimum absolute atomic E-state index is 0.203.